The zero-order valence-corrected chi connectivity index (χ0v) is 12.6. The van der Waals surface area contributed by atoms with Gasteiger partial charge in [0.05, 0.1) is 11.8 Å². The molecule has 1 saturated carbocycles. The molecule has 2 aromatic rings. The highest BCUT2D eigenvalue weighted by Gasteiger charge is 2.30. The van der Waals surface area contributed by atoms with Crippen LogP contribution in [0.4, 0.5) is 5.69 Å². The molecule has 0 aliphatic heterocycles. The van der Waals surface area contributed by atoms with Gasteiger partial charge in [0.25, 0.3) is 0 Å². The van der Waals surface area contributed by atoms with E-state index in [2.05, 4.69) is 40.6 Å². The lowest BCUT2D eigenvalue weighted by atomic mass is 9.76. The van der Waals surface area contributed by atoms with Crippen molar-refractivity contribution in [3.05, 3.63) is 54.2 Å². The first kappa shape index (κ1) is 13.9. The smallest absolute Gasteiger partial charge is 0.237 e. The number of hydrogen-bond donors (Lipinski definition) is 1. The van der Waals surface area contributed by atoms with Crippen LogP contribution < -0.4 is 10.1 Å². The van der Waals surface area contributed by atoms with Gasteiger partial charge in [0.2, 0.25) is 5.88 Å². The third kappa shape index (κ3) is 3.35. The summed E-state index contributed by atoms with van der Waals surface area (Å²) in [5, 5.41) is 3.56. The number of hydrogen-bond acceptors (Lipinski definition) is 3. The Kier molecular flexibility index (Phi) is 4.09. The number of aromatic nitrogens is 1. The third-order valence-electron chi connectivity index (χ3n) is 3.89. The molecule has 0 saturated heterocycles. The molecule has 1 aliphatic carbocycles. The molecule has 1 heterocycles. The Morgan fingerprint density at radius 2 is 1.86 bits per heavy atom. The lowest BCUT2D eigenvalue weighted by Crippen LogP contribution is -2.34. The maximum absolute atomic E-state index is 5.75. The molecule has 1 fully saturated rings. The predicted octanol–water partition coefficient (Wildman–Crippen LogP) is 4.23. The average Bonchev–Trinajstić information content (AvgIpc) is 2.44. The largest absolute Gasteiger partial charge is 0.473 e. The van der Waals surface area contributed by atoms with Gasteiger partial charge in [-0.05, 0) is 50.3 Å². The molecule has 1 aliphatic rings. The lowest BCUT2D eigenvalue weighted by Gasteiger charge is -2.37. The van der Waals surface area contributed by atoms with Crippen LogP contribution in [-0.4, -0.2) is 17.1 Å². The van der Waals surface area contributed by atoms with E-state index in [0.29, 0.717) is 17.8 Å². The molecule has 1 aromatic heterocycles. The Labute approximate surface area is 126 Å². The van der Waals surface area contributed by atoms with Crippen LogP contribution >= 0.6 is 0 Å². The molecule has 1 N–H and O–H groups in total. The number of benzene rings is 1. The molecule has 1 aromatic carbocycles. The van der Waals surface area contributed by atoms with Crippen LogP contribution in [0.3, 0.4) is 0 Å². The first-order valence-electron chi connectivity index (χ1n) is 7.65. The van der Waals surface area contributed by atoms with Crippen LogP contribution in [0.15, 0.2) is 48.7 Å². The zero-order chi connectivity index (χ0) is 14.7. The highest BCUT2D eigenvalue weighted by molar-refractivity contribution is 5.53. The van der Waals surface area contributed by atoms with Crippen LogP contribution in [0.1, 0.15) is 38.2 Å². The van der Waals surface area contributed by atoms with Crippen LogP contribution in [0.2, 0.25) is 0 Å². The fourth-order valence-electron chi connectivity index (χ4n) is 2.77. The minimum atomic E-state index is 0.138. The van der Waals surface area contributed by atoms with Crippen molar-refractivity contribution >= 4 is 5.69 Å². The second-order valence-electron chi connectivity index (χ2n) is 5.94. The van der Waals surface area contributed by atoms with E-state index in [4.69, 9.17) is 4.74 Å². The minimum absolute atomic E-state index is 0.138. The maximum atomic E-state index is 5.75. The van der Waals surface area contributed by atoms with E-state index in [0.717, 1.165) is 5.69 Å². The van der Waals surface area contributed by atoms with Gasteiger partial charge in [-0.1, -0.05) is 30.3 Å². The van der Waals surface area contributed by atoms with Crippen LogP contribution in [-0.2, 0) is 0 Å². The third-order valence-corrected chi connectivity index (χ3v) is 3.89. The average molecular weight is 282 g/mol. The molecule has 21 heavy (non-hydrogen) atoms. The molecular weight excluding hydrogens is 260 g/mol. The van der Waals surface area contributed by atoms with Gasteiger partial charge >= 0.3 is 0 Å². The van der Waals surface area contributed by atoms with Gasteiger partial charge < -0.3 is 10.1 Å². The Hall–Kier alpha value is -2.03. The summed E-state index contributed by atoms with van der Waals surface area (Å²) >= 11 is 0. The van der Waals surface area contributed by atoms with Crippen molar-refractivity contribution in [2.24, 2.45) is 0 Å². The second-order valence-corrected chi connectivity index (χ2v) is 5.94. The lowest BCUT2D eigenvalue weighted by molar-refractivity contribution is 0.233. The summed E-state index contributed by atoms with van der Waals surface area (Å²) in [5.41, 5.74) is 2.45. The second kappa shape index (κ2) is 6.17. The number of pyridine rings is 1. The van der Waals surface area contributed by atoms with Gasteiger partial charge in [0, 0.05) is 12.2 Å². The van der Waals surface area contributed by atoms with E-state index < -0.39 is 0 Å². The highest BCUT2D eigenvalue weighted by Crippen LogP contribution is 2.39. The minimum Gasteiger partial charge on any atom is -0.473 e. The van der Waals surface area contributed by atoms with Crippen molar-refractivity contribution in [1.29, 1.82) is 0 Å². The zero-order valence-electron chi connectivity index (χ0n) is 12.6. The van der Waals surface area contributed by atoms with E-state index >= 15 is 0 Å². The topological polar surface area (TPSA) is 34.1 Å². The van der Waals surface area contributed by atoms with E-state index in [1.807, 2.05) is 26.0 Å². The molecular formula is C18H22N2O. The van der Waals surface area contributed by atoms with Gasteiger partial charge in [0.1, 0.15) is 0 Å². The summed E-state index contributed by atoms with van der Waals surface area (Å²) in [6.07, 6.45) is 4.25. The maximum Gasteiger partial charge on any atom is 0.237 e. The van der Waals surface area contributed by atoms with Gasteiger partial charge in [-0.2, -0.15) is 0 Å². The summed E-state index contributed by atoms with van der Waals surface area (Å²) in [4.78, 5) is 4.32. The standard InChI is InChI=1S/C18H22N2O/c1-13(2)21-18-17(9-6-10-19-18)20-16-11-15(12-16)14-7-4-3-5-8-14/h3-10,13,15-16,20H,11-12H2,1-2H3. The molecule has 3 rings (SSSR count). The number of nitrogens with zero attached hydrogens (tertiary/aromatic N) is 1. The summed E-state index contributed by atoms with van der Waals surface area (Å²) in [7, 11) is 0. The Morgan fingerprint density at radius 1 is 1.10 bits per heavy atom. The van der Waals surface area contributed by atoms with E-state index in [9.17, 15) is 0 Å². The first-order valence-corrected chi connectivity index (χ1v) is 7.65. The van der Waals surface area contributed by atoms with Crippen molar-refractivity contribution in [3.8, 4) is 5.88 Å². The van der Waals surface area contributed by atoms with Crippen LogP contribution in [0, 0.1) is 0 Å². The van der Waals surface area contributed by atoms with Crippen molar-refractivity contribution < 1.29 is 4.74 Å². The number of nitrogens with one attached hydrogen (secondary N) is 1. The van der Waals surface area contributed by atoms with Crippen molar-refractivity contribution in [1.82, 2.24) is 4.98 Å². The summed E-state index contributed by atoms with van der Waals surface area (Å²) < 4.78 is 5.75. The van der Waals surface area contributed by atoms with E-state index in [1.54, 1.807) is 6.20 Å². The van der Waals surface area contributed by atoms with E-state index in [-0.39, 0.29) is 6.10 Å². The van der Waals surface area contributed by atoms with Crippen LogP contribution in [0.25, 0.3) is 0 Å². The molecule has 0 unspecified atom stereocenters. The van der Waals surface area contributed by atoms with Crippen LogP contribution in [0.5, 0.6) is 5.88 Å². The van der Waals surface area contributed by atoms with Gasteiger partial charge in [-0.25, -0.2) is 4.98 Å². The normalized spacial score (nSPS) is 20.9. The fraction of sp³-hybridized carbons (Fsp3) is 0.389. The number of anilines is 1. The Balaban J connectivity index is 1.60. The molecule has 0 amide bonds. The monoisotopic (exact) mass is 282 g/mol. The molecule has 3 heteroatoms. The number of rotatable bonds is 5. The molecule has 0 radical (unpaired) electrons. The Bertz CT molecular complexity index is 577. The SMILES string of the molecule is CC(C)Oc1ncccc1NC1CC(c2ccccc2)C1. The molecule has 0 spiro atoms. The molecule has 3 nitrogen and oxygen atoms in total. The fourth-order valence-corrected chi connectivity index (χ4v) is 2.77. The molecule has 110 valence electrons. The summed E-state index contributed by atoms with van der Waals surface area (Å²) in [6.45, 7) is 4.04. The molecule has 0 atom stereocenters. The van der Waals surface area contributed by atoms with Crippen molar-refractivity contribution in [2.75, 3.05) is 5.32 Å². The van der Waals surface area contributed by atoms with Crippen molar-refractivity contribution in [2.45, 2.75) is 44.8 Å². The molecule has 0 bridgehead atoms. The van der Waals surface area contributed by atoms with E-state index in [1.165, 1.54) is 18.4 Å². The Morgan fingerprint density at radius 3 is 2.57 bits per heavy atom. The van der Waals surface area contributed by atoms with Gasteiger partial charge in [0.15, 0.2) is 0 Å². The van der Waals surface area contributed by atoms with Gasteiger partial charge in [-0.3, -0.25) is 0 Å². The summed E-state index contributed by atoms with van der Waals surface area (Å²) in [6, 6.07) is 15.2. The summed E-state index contributed by atoms with van der Waals surface area (Å²) in [5.74, 6) is 1.38. The van der Waals surface area contributed by atoms with Gasteiger partial charge in [-0.15, -0.1) is 0 Å². The quantitative estimate of drug-likeness (QED) is 0.891. The highest BCUT2D eigenvalue weighted by atomic mass is 16.5. The predicted molar refractivity (Wildman–Crippen MR) is 85.8 cm³/mol. The first-order chi connectivity index (χ1) is 10.2. The number of ether oxygens (including phenoxy) is 1. The van der Waals surface area contributed by atoms with Crippen molar-refractivity contribution in [3.63, 3.8) is 0 Å².